The number of amides is 1. The lowest BCUT2D eigenvalue weighted by Gasteiger charge is -2.31. The molecule has 1 aliphatic rings. The fourth-order valence-electron chi connectivity index (χ4n) is 2.37. The normalized spacial score (nSPS) is 22.1. The molecule has 0 spiro atoms. The Hall–Kier alpha value is -1.04. The number of nitriles is 1. The molecule has 1 atom stereocenters. The predicted molar refractivity (Wildman–Crippen MR) is 63.6 cm³/mol. The lowest BCUT2D eigenvalue weighted by Crippen LogP contribution is -2.50. The van der Waals surface area contributed by atoms with Gasteiger partial charge in [-0.15, -0.1) is 0 Å². The summed E-state index contributed by atoms with van der Waals surface area (Å²) in [4.78, 5) is 12.3. The maximum Gasteiger partial charge on any atom is 0.227 e. The molecule has 0 saturated heterocycles. The van der Waals surface area contributed by atoms with Crippen LogP contribution in [0, 0.1) is 16.7 Å². The first kappa shape index (κ1) is 13.0. The van der Waals surface area contributed by atoms with E-state index in [0.29, 0.717) is 6.42 Å². The van der Waals surface area contributed by atoms with Crippen LogP contribution in [-0.4, -0.2) is 11.4 Å². The Balaban J connectivity index is 2.75. The van der Waals surface area contributed by atoms with Crippen molar-refractivity contribution in [2.75, 3.05) is 0 Å². The first-order valence-corrected chi connectivity index (χ1v) is 6.26. The van der Waals surface area contributed by atoms with Gasteiger partial charge in [0.05, 0.1) is 6.07 Å². The summed E-state index contributed by atoms with van der Waals surface area (Å²) in [5.74, 6) is 0.0819. The van der Waals surface area contributed by atoms with Crippen molar-refractivity contribution in [3.8, 4) is 6.07 Å². The van der Waals surface area contributed by atoms with Gasteiger partial charge in [-0.2, -0.15) is 5.26 Å². The van der Waals surface area contributed by atoms with Crippen LogP contribution in [-0.2, 0) is 4.79 Å². The molecule has 0 aromatic carbocycles. The van der Waals surface area contributed by atoms with Gasteiger partial charge in [0.1, 0.15) is 5.54 Å². The van der Waals surface area contributed by atoms with Gasteiger partial charge < -0.3 is 5.32 Å². The Bertz CT molecular complexity index is 300. The minimum atomic E-state index is -0.707. The van der Waals surface area contributed by atoms with Crippen molar-refractivity contribution in [1.29, 1.82) is 5.26 Å². The maximum atomic E-state index is 12.3. The summed E-state index contributed by atoms with van der Waals surface area (Å²) in [6, 6.07) is 2.19. The van der Waals surface area contributed by atoms with Crippen molar-refractivity contribution < 1.29 is 4.79 Å². The van der Waals surface area contributed by atoms with Crippen LogP contribution in [0.5, 0.6) is 0 Å². The molecule has 90 valence electrons. The number of nitrogens with one attached hydrogen (secondary N) is 1. The number of nitrogens with zero attached hydrogens (tertiary/aromatic N) is 1. The topological polar surface area (TPSA) is 52.9 Å². The van der Waals surface area contributed by atoms with Crippen LogP contribution >= 0.6 is 0 Å². The zero-order chi connectivity index (χ0) is 12.2. The third-order valence-electron chi connectivity index (χ3n) is 4.06. The maximum absolute atomic E-state index is 12.3. The molecule has 0 heterocycles. The minimum Gasteiger partial charge on any atom is -0.338 e. The average Bonchev–Trinajstić information content (AvgIpc) is 2.78. The zero-order valence-corrected chi connectivity index (χ0v) is 10.6. The molecular weight excluding hydrogens is 200 g/mol. The Labute approximate surface area is 98.2 Å². The van der Waals surface area contributed by atoms with Crippen molar-refractivity contribution in [3.05, 3.63) is 0 Å². The molecule has 1 fully saturated rings. The predicted octanol–water partition coefficient (Wildman–Crippen LogP) is 2.77. The summed E-state index contributed by atoms with van der Waals surface area (Å²) in [5.41, 5.74) is -0.908. The number of rotatable bonds is 4. The van der Waals surface area contributed by atoms with Crippen LogP contribution in [0.2, 0.25) is 0 Å². The van der Waals surface area contributed by atoms with E-state index < -0.39 is 5.54 Å². The van der Waals surface area contributed by atoms with Crippen molar-refractivity contribution >= 4 is 5.91 Å². The van der Waals surface area contributed by atoms with Gasteiger partial charge in [-0.05, 0) is 32.6 Å². The SMILES string of the molecule is CCC(C)(C#N)NC(=O)C1(CC)CCCC1. The Morgan fingerprint density at radius 2 is 2.00 bits per heavy atom. The molecule has 0 radical (unpaired) electrons. The van der Waals surface area contributed by atoms with E-state index in [4.69, 9.17) is 5.26 Å². The summed E-state index contributed by atoms with van der Waals surface area (Å²) >= 11 is 0. The highest BCUT2D eigenvalue weighted by Crippen LogP contribution is 2.41. The first-order chi connectivity index (χ1) is 7.52. The molecular formula is C13H22N2O. The first-order valence-electron chi connectivity index (χ1n) is 6.26. The van der Waals surface area contributed by atoms with E-state index in [1.807, 2.05) is 6.92 Å². The van der Waals surface area contributed by atoms with Crippen LogP contribution in [0.1, 0.15) is 59.3 Å². The van der Waals surface area contributed by atoms with Crippen LogP contribution in [0.15, 0.2) is 0 Å². The minimum absolute atomic E-state index is 0.0819. The Kier molecular flexibility index (Phi) is 3.96. The van der Waals surface area contributed by atoms with Crippen molar-refractivity contribution in [2.45, 2.75) is 64.8 Å². The van der Waals surface area contributed by atoms with E-state index in [0.717, 1.165) is 32.1 Å². The molecule has 1 amide bonds. The molecule has 3 heteroatoms. The highest BCUT2D eigenvalue weighted by atomic mass is 16.2. The van der Waals surface area contributed by atoms with E-state index in [9.17, 15) is 4.79 Å². The van der Waals surface area contributed by atoms with Crippen molar-refractivity contribution in [1.82, 2.24) is 5.32 Å². The smallest absolute Gasteiger partial charge is 0.227 e. The molecule has 1 aliphatic carbocycles. The van der Waals surface area contributed by atoms with Crippen molar-refractivity contribution in [2.24, 2.45) is 5.41 Å². The summed E-state index contributed by atoms with van der Waals surface area (Å²) in [6.45, 7) is 5.79. The summed E-state index contributed by atoms with van der Waals surface area (Å²) < 4.78 is 0. The van der Waals surface area contributed by atoms with Gasteiger partial charge >= 0.3 is 0 Å². The standard InChI is InChI=1S/C13H22N2O/c1-4-12(3,10-14)15-11(16)13(5-2)8-6-7-9-13/h4-9H2,1-3H3,(H,15,16). The Morgan fingerprint density at radius 1 is 1.44 bits per heavy atom. The van der Waals surface area contributed by atoms with Crippen LogP contribution in [0.25, 0.3) is 0 Å². The fraction of sp³-hybridized carbons (Fsp3) is 0.846. The fourth-order valence-corrected chi connectivity index (χ4v) is 2.37. The molecule has 16 heavy (non-hydrogen) atoms. The molecule has 0 aromatic heterocycles. The van der Waals surface area contributed by atoms with Crippen LogP contribution in [0.3, 0.4) is 0 Å². The zero-order valence-electron chi connectivity index (χ0n) is 10.6. The van der Waals surface area contributed by atoms with E-state index in [1.165, 1.54) is 0 Å². The molecule has 0 bridgehead atoms. The van der Waals surface area contributed by atoms with Gasteiger partial charge in [-0.25, -0.2) is 0 Å². The number of carbonyl (C=O) groups excluding carboxylic acids is 1. The molecule has 0 aliphatic heterocycles. The molecule has 1 rings (SSSR count). The monoisotopic (exact) mass is 222 g/mol. The van der Waals surface area contributed by atoms with Gasteiger partial charge in [0.2, 0.25) is 5.91 Å². The lowest BCUT2D eigenvalue weighted by molar-refractivity contribution is -0.132. The molecule has 1 unspecified atom stereocenters. The van der Waals surface area contributed by atoms with E-state index in [2.05, 4.69) is 18.3 Å². The third-order valence-corrected chi connectivity index (χ3v) is 4.06. The quantitative estimate of drug-likeness (QED) is 0.795. The number of hydrogen-bond donors (Lipinski definition) is 1. The van der Waals surface area contributed by atoms with E-state index >= 15 is 0 Å². The molecule has 3 nitrogen and oxygen atoms in total. The highest BCUT2D eigenvalue weighted by Gasteiger charge is 2.41. The molecule has 0 aromatic rings. The second kappa shape index (κ2) is 4.86. The summed E-state index contributed by atoms with van der Waals surface area (Å²) in [6.07, 6.45) is 5.74. The number of carbonyl (C=O) groups is 1. The van der Waals surface area contributed by atoms with Crippen molar-refractivity contribution in [3.63, 3.8) is 0 Å². The Morgan fingerprint density at radius 3 is 2.38 bits per heavy atom. The van der Waals surface area contributed by atoms with Gasteiger partial charge in [0.25, 0.3) is 0 Å². The molecule has 1 N–H and O–H groups in total. The van der Waals surface area contributed by atoms with Gasteiger partial charge in [0, 0.05) is 5.41 Å². The highest BCUT2D eigenvalue weighted by molar-refractivity contribution is 5.83. The van der Waals surface area contributed by atoms with Crippen LogP contribution < -0.4 is 5.32 Å². The van der Waals surface area contributed by atoms with E-state index in [-0.39, 0.29) is 11.3 Å². The van der Waals surface area contributed by atoms with Gasteiger partial charge in [0.15, 0.2) is 0 Å². The molecule has 1 saturated carbocycles. The summed E-state index contributed by atoms with van der Waals surface area (Å²) in [5, 5.41) is 12.0. The third kappa shape index (κ3) is 2.37. The second-order valence-corrected chi connectivity index (χ2v) is 5.09. The summed E-state index contributed by atoms with van der Waals surface area (Å²) in [7, 11) is 0. The average molecular weight is 222 g/mol. The van der Waals surface area contributed by atoms with Crippen LogP contribution in [0.4, 0.5) is 0 Å². The van der Waals surface area contributed by atoms with E-state index in [1.54, 1.807) is 6.92 Å². The lowest BCUT2D eigenvalue weighted by atomic mass is 9.81. The van der Waals surface area contributed by atoms with Gasteiger partial charge in [-0.1, -0.05) is 26.7 Å². The largest absolute Gasteiger partial charge is 0.338 e. The second-order valence-electron chi connectivity index (χ2n) is 5.09. The number of hydrogen-bond acceptors (Lipinski definition) is 2. The van der Waals surface area contributed by atoms with Gasteiger partial charge in [-0.3, -0.25) is 4.79 Å².